The van der Waals surface area contributed by atoms with Crippen LogP contribution < -0.4 is 0 Å². The van der Waals surface area contributed by atoms with Gasteiger partial charge in [-0.15, -0.1) is 0 Å². The molecule has 0 radical (unpaired) electrons. The molecule has 0 aromatic heterocycles. The smallest absolute Gasteiger partial charge is 0.0991 e. The molecule has 0 N–H and O–H groups in total. The van der Waals surface area contributed by atoms with Crippen molar-refractivity contribution in [2.45, 2.75) is 13.0 Å². The topological polar surface area (TPSA) is 72.6 Å². The van der Waals surface area contributed by atoms with Crippen LogP contribution in [-0.2, 0) is 0 Å². The molecule has 4 nitrogen and oxygen atoms in total. The Bertz CT molecular complexity index is 648. The molecule has 0 fully saturated rings. The second-order valence-electron chi connectivity index (χ2n) is 3.78. The summed E-state index contributed by atoms with van der Waals surface area (Å²) in [6, 6.07) is 13.2. The second-order valence-corrected chi connectivity index (χ2v) is 3.78. The van der Waals surface area contributed by atoms with Gasteiger partial charge in [0.2, 0.25) is 0 Å². The van der Waals surface area contributed by atoms with Crippen LogP contribution in [0.2, 0.25) is 0 Å². The third kappa shape index (κ3) is 2.05. The predicted molar refractivity (Wildman–Crippen MR) is 66.2 cm³/mol. The molecule has 0 aliphatic rings. The minimum atomic E-state index is -0.211. The summed E-state index contributed by atoms with van der Waals surface area (Å²) in [5, 5.41) is 14.6. The van der Waals surface area contributed by atoms with E-state index in [1.807, 2.05) is 37.3 Å². The molecule has 0 heterocycles. The summed E-state index contributed by atoms with van der Waals surface area (Å²) in [6.45, 7) is 1.85. The van der Waals surface area contributed by atoms with E-state index in [-0.39, 0.29) is 6.04 Å². The zero-order valence-corrected chi connectivity index (χ0v) is 9.33. The van der Waals surface area contributed by atoms with Gasteiger partial charge in [0.1, 0.15) is 0 Å². The van der Waals surface area contributed by atoms with E-state index in [2.05, 4.69) is 16.1 Å². The van der Waals surface area contributed by atoms with Gasteiger partial charge in [0.15, 0.2) is 0 Å². The first-order valence-electron chi connectivity index (χ1n) is 5.23. The number of hydrogen-bond donors (Lipinski definition) is 0. The van der Waals surface area contributed by atoms with E-state index in [0.717, 1.165) is 16.3 Å². The third-order valence-corrected chi connectivity index (χ3v) is 2.72. The standard InChI is InChI=1S/C13H10N4/c1-9(16-17-15)12-4-2-3-11-7-10(8-14)5-6-13(11)12/h2-7,9H,1H3. The molecule has 0 aliphatic heterocycles. The van der Waals surface area contributed by atoms with E-state index in [4.69, 9.17) is 10.8 Å². The molecule has 0 amide bonds. The van der Waals surface area contributed by atoms with Crippen molar-refractivity contribution in [3.63, 3.8) is 0 Å². The SMILES string of the molecule is CC(N=[N+]=[N-])c1cccc2cc(C#N)ccc12. The number of nitrogens with zero attached hydrogens (tertiary/aromatic N) is 4. The fourth-order valence-corrected chi connectivity index (χ4v) is 1.88. The highest BCUT2D eigenvalue weighted by atomic mass is 15.1. The van der Waals surface area contributed by atoms with Crippen LogP contribution in [0.4, 0.5) is 0 Å². The van der Waals surface area contributed by atoms with Crippen LogP contribution >= 0.6 is 0 Å². The summed E-state index contributed by atoms with van der Waals surface area (Å²) in [4.78, 5) is 2.83. The summed E-state index contributed by atoms with van der Waals surface area (Å²) in [5.41, 5.74) is 10.1. The van der Waals surface area contributed by atoms with Crippen LogP contribution in [0.15, 0.2) is 41.5 Å². The Labute approximate surface area is 98.7 Å². The highest BCUT2D eigenvalue weighted by Gasteiger charge is 2.07. The first-order valence-corrected chi connectivity index (χ1v) is 5.23. The molecule has 0 saturated carbocycles. The number of azide groups is 1. The molecule has 0 spiro atoms. The van der Waals surface area contributed by atoms with Gasteiger partial charge in [-0.2, -0.15) is 5.26 Å². The largest absolute Gasteiger partial charge is 0.192 e. The summed E-state index contributed by atoms with van der Waals surface area (Å²) in [7, 11) is 0. The molecular formula is C13H10N4. The second kappa shape index (κ2) is 4.56. The van der Waals surface area contributed by atoms with Crippen molar-refractivity contribution in [3.8, 4) is 6.07 Å². The fourth-order valence-electron chi connectivity index (χ4n) is 1.88. The number of benzene rings is 2. The highest BCUT2D eigenvalue weighted by molar-refractivity contribution is 5.87. The Balaban J connectivity index is 2.66. The Morgan fingerprint density at radius 3 is 2.88 bits per heavy atom. The molecule has 4 heteroatoms. The van der Waals surface area contributed by atoms with E-state index >= 15 is 0 Å². The van der Waals surface area contributed by atoms with Crippen LogP contribution in [0.5, 0.6) is 0 Å². The fraction of sp³-hybridized carbons (Fsp3) is 0.154. The molecule has 17 heavy (non-hydrogen) atoms. The summed E-state index contributed by atoms with van der Waals surface area (Å²) >= 11 is 0. The summed E-state index contributed by atoms with van der Waals surface area (Å²) in [6.07, 6.45) is 0. The molecule has 82 valence electrons. The zero-order valence-electron chi connectivity index (χ0n) is 9.33. The van der Waals surface area contributed by atoms with Gasteiger partial charge in [-0.3, -0.25) is 0 Å². The molecule has 1 unspecified atom stereocenters. The third-order valence-electron chi connectivity index (χ3n) is 2.72. The lowest BCUT2D eigenvalue weighted by Crippen LogP contribution is -1.90. The first kappa shape index (κ1) is 11.0. The lowest BCUT2D eigenvalue weighted by molar-refractivity contribution is 0.816. The van der Waals surface area contributed by atoms with Gasteiger partial charge in [0.25, 0.3) is 0 Å². The molecular weight excluding hydrogens is 212 g/mol. The molecule has 0 saturated heterocycles. The van der Waals surface area contributed by atoms with Crippen molar-refractivity contribution in [1.82, 2.24) is 0 Å². The maximum Gasteiger partial charge on any atom is 0.0991 e. The molecule has 0 aliphatic carbocycles. The van der Waals surface area contributed by atoms with E-state index in [9.17, 15) is 0 Å². The van der Waals surface area contributed by atoms with Crippen LogP contribution in [-0.4, -0.2) is 0 Å². The van der Waals surface area contributed by atoms with Crippen molar-refractivity contribution in [2.24, 2.45) is 5.11 Å². The van der Waals surface area contributed by atoms with Gasteiger partial charge in [-0.05, 0) is 34.0 Å². The monoisotopic (exact) mass is 222 g/mol. The average Bonchev–Trinajstić information content (AvgIpc) is 2.37. The van der Waals surface area contributed by atoms with Crippen molar-refractivity contribution in [1.29, 1.82) is 5.26 Å². The summed E-state index contributed by atoms with van der Waals surface area (Å²) in [5.74, 6) is 0. The Kier molecular flexibility index (Phi) is 2.95. The van der Waals surface area contributed by atoms with Gasteiger partial charge in [0, 0.05) is 4.91 Å². The van der Waals surface area contributed by atoms with Gasteiger partial charge < -0.3 is 0 Å². The molecule has 0 bridgehead atoms. The van der Waals surface area contributed by atoms with Crippen LogP contribution in [0.25, 0.3) is 21.2 Å². The maximum atomic E-state index is 8.84. The van der Waals surface area contributed by atoms with E-state index in [1.54, 1.807) is 6.07 Å². The van der Waals surface area contributed by atoms with Crippen LogP contribution in [0, 0.1) is 11.3 Å². The first-order chi connectivity index (χ1) is 8.26. The lowest BCUT2D eigenvalue weighted by Gasteiger charge is -2.09. The van der Waals surface area contributed by atoms with Crippen LogP contribution in [0.3, 0.4) is 0 Å². The van der Waals surface area contributed by atoms with E-state index < -0.39 is 0 Å². The number of hydrogen-bond acceptors (Lipinski definition) is 2. The van der Waals surface area contributed by atoms with Crippen LogP contribution in [0.1, 0.15) is 24.1 Å². The predicted octanol–water partition coefficient (Wildman–Crippen LogP) is 4.08. The quantitative estimate of drug-likeness (QED) is 0.428. The molecule has 1 atom stereocenters. The van der Waals surface area contributed by atoms with Gasteiger partial charge in [-0.1, -0.05) is 36.3 Å². The summed E-state index contributed by atoms with van der Waals surface area (Å²) < 4.78 is 0. The van der Waals surface area contributed by atoms with E-state index in [0.29, 0.717) is 5.56 Å². The van der Waals surface area contributed by atoms with Gasteiger partial charge >= 0.3 is 0 Å². The average molecular weight is 222 g/mol. The maximum absolute atomic E-state index is 8.84. The Hall–Kier alpha value is -2.50. The van der Waals surface area contributed by atoms with Crippen molar-refractivity contribution >= 4 is 10.8 Å². The molecule has 2 aromatic carbocycles. The minimum Gasteiger partial charge on any atom is -0.192 e. The molecule has 2 aromatic rings. The van der Waals surface area contributed by atoms with Gasteiger partial charge in [0.05, 0.1) is 17.7 Å². The number of fused-ring (bicyclic) bond motifs is 1. The Morgan fingerprint density at radius 1 is 1.35 bits per heavy atom. The highest BCUT2D eigenvalue weighted by Crippen LogP contribution is 2.27. The zero-order chi connectivity index (χ0) is 12.3. The lowest BCUT2D eigenvalue weighted by atomic mass is 9.99. The van der Waals surface area contributed by atoms with E-state index in [1.165, 1.54) is 0 Å². The number of rotatable bonds is 2. The Morgan fingerprint density at radius 2 is 2.18 bits per heavy atom. The van der Waals surface area contributed by atoms with Crippen molar-refractivity contribution < 1.29 is 0 Å². The molecule has 2 rings (SSSR count). The van der Waals surface area contributed by atoms with Gasteiger partial charge in [-0.25, -0.2) is 0 Å². The minimum absolute atomic E-state index is 0.211. The number of nitriles is 1. The van der Waals surface area contributed by atoms with Crippen molar-refractivity contribution in [3.05, 3.63) is 58.0 Å². The van der Waals surface area contributed by atoms with Crippen molar-refractivity contribution in [2.75, 3.05) is 0 Å². The normalized spacial score (nSPS) is 11.5.